The molecule has 0 fully saturated rings. The van der Waals surface area contributed by atoms with Gasteiger partial charge in [-0.1, -0.05) is 30.3 Å². The molecule has 0 bridgehead atoms. The number of nitrogens with zero attached hydrogens (tertiary/aromatic N) is 2. The molecule has 0 unspecified atom stereocenters. The third kappa shape index (κ3) is 3.61. The van der Waals surface area contributed by atoms with E-state index in [9.17, 15) is 8.42 Å². The van der Waals surface area contributed by atoms with Crippen LogP contribution in [0.5, 0.6) is 5.75 Å². The average molecular weight is 344 g/mol. The van der Waals surface area contributed by atoms with E-state index < -0.39 is 10.0 Å². The summed E-state index contributed by atoms with van der Waals surface area (Å²) in [7, 11) is -2.11. The number of methoxy groups -OCH3 is 1. The van der Waals surface area contributed by atoms with Crippen LogP contribution in [-0.2, 0) is 16.6 Å². The lowest BCUT2D eigenvalue weighted by Gasteiger charge is -2.06. The fraction of sp³-hybridized carbons (Fsp3) is 0.125. The molecule has 0 saturated heterocycles. The molecule has 0 amide bonds. The minimum absolute atomic E-state index is 0.0220. The molecule has 0 aliphatic heterocycles. The molecular weight excluding hydrogens is 328 g/mol. The number of benzene rings is 2. The summed E-state index contributed by atoms with van der Waals surface area (Å²) in [5.41, 5.74) is 0.859. The number of H-pyrrole nitrogens is 1. The van der Waals surface area contributed by atoms with Crippen LogP contribution in [0.15, 0.2) is 59.5 Å². The zero-order valence-corrected chi connectivity index (χ0v) is 13.7. The molecule has 3 aromatic rings. The van der Waals surface area contributed by atoms with E-state index >= 15 is 0 Å². The van der Waals surface area contributed by atoms with Crippen molar-refractivity contribution in [2.75, 3.05) is 7.11 Å². The first-order chi connectivity index (χ1) is 11.6. The van der Waals surface area contributed by atoms with E-state index in [4.69, 9.17) is 4.74 Å². The van der Waals surface area contributed by atoms with Crippen molar-refractivity contribution in [1.82, 2.24) is 19.9 Å². The third-order valence-corrected chi connectivity index (χ3v) is 4.78. The molecule has 7 nitrogen and oxygen atoms in total. The zero-order chi connectivity index (χ0) is 17.0. The van der Waals surface area contributed by atoms with E-state index in [1.54, 1.807) is 12.1 Å². The van der Waals surface area contributed by atoms with Crippen molar-refractivity contribution in [1.29, 1.82) is 0 Å². The van der Waals surface area contributed by atoms with Crippen molar-refractivity contribution in [3.8, 4) is 17.1 Å². The molecule has 2 aromatic carbocycles. The van der Waals surface area contributed by atoms with Crippen LogP contribution in [0.4, 0.5) is 0 Å². The predicted octanol–water partition coefficient (Wildman–Crippen LogP) is 1.96. The van der Waals surface area contributed by atoms with Gasteiger partial charge < -0.3 is 4.74 Å². The van der Waals surface area contributed by atoms with Gasteiger partial charge in [-0.05, 0) is 24.3 Å². The minimum atomic E-state index is -3.63. The van der Waals surface area contributed by atoms with Gasteiger partial charge in [0.25, 0.3) is 0 Å². The Morgan fingerprint density at radius 3 is 2.46 bits per heavy atom. The molecule has 0 spiro atoms. The molecule has 0 radical (unpaired) electrons. The van der Waals surface area contributed by atoms with Crippen molar-refractivity contribution >= 4 is 10.0 Å². The monoisotopic (exact) mass is 344 g/mol. The SMILES string of the molecule is COc1ccc(S(=O)(=O)NCc2nc(-c3ccccc3)n[nH]2)cc1. The summed E-state index contributed by atoms with van der Waals surface area (Å²) in [5.74, 6) is 1.55. The molecule has 1 aromatic heterocycles. The normalized spacial score (nSPS) is 11.4. The summed E-state index contributed by atoms with van der Waals surface area (Å²) in [6.45, 7) is 0.0220. The fourth-order valence-corrected chi connectivity index (χ4v) is 3.08. The molecule has 1 heterocycles. The average Bonchev–Trinajstić information content (AvgIpc) is 3.10. The van der Waals surface area contributed by atoms with E-state index in [1.165, 1.54) is 19.2 Å². The largest absolute Gasteiger partial charge is 0.497 e. The highest BCUT2D eigenvalue weighted by Gasteiger charge is 2.15. The highest BCUT2D eigenvalue weighted by molar-refractivity contribution is 7.89. The van der Waals surface area contributed by atoms with Gasteiger partial charge in [0.1, 0.15) is 11.6 Å². The number of ether oxygens (including phenoxy) is 1. The molecule has 0 aliphatic carbocycles. The third-order valence-electron chi connectivity index (χ3n) is 3.36. The molecule has 0 atom stereocenters. The summed E-state index contributed by atoms with van der Waals surface area (Å²) in [6.07, 6.45) is 0. The first-order valence-electron chi connectivity index (χ1n) is 7.19. The highest BCUT2D eigenvalue weighted by atomic mass is 32.2. The van der Waals surface area contributed by atoms with Gasteiger partial charge >= 0.3 is 0 Å². The Hall–Kier alpha value is -2.71. The maximum atomic E-state index is 12.3. The maximum Gasteiger partial charge on any atom is 0.240 e. The Morgan fingerprint density at radius 2 is 1.79 bits per heavy atom. The maximum absolute atomic E-state index is 12.3. The molecular formula is C16H16N4O3S. The first-order valence-corrected chi connectivity index (χ1v) is 8.67. The lowest BCUT2D eigenvalue weighted by atomic mass is 10.2. The second-order valence-corrected chi connectivity index (χ2v) is 6.74. The van der Waals surface area contributed by atoms with Gasteiger partial charge in [-0.2, -0.15) is 5.10 Å². The molecule has 0 saturated carbocycles. The Balaban J connectivity index is 1.69. The molecule has 24 heavy (non-hydrogen) atoms. The first kappa shape index (κ1) is 16.2. The second kappa shape index (κ2) is 6.81. The van der Waals surface area contributed by atoms with Gasteiger partial charge in [0.2, 0.25) is 10.0 Å². The number of hydrogen-bond donors (Lipinski definition) is 2. The Morgan fingerprint density at radius 1 is 1.08 bits per heavy atom. The summed E-state index contributed by atoms with van der Waals surface area (Å²) >= 11 is 0. The summed E-state index contributed by atoms with van der Waals surface area (Å²) in [4.78, 5) is 4.45. The van der Waals surface area contributed by atoms with Crippen LogP contribution in [0, 0.1) is 0 Å². The van der Waals surface area contributed by atoms with Crippen molar-refractivity contribution in [3.05, 3.63) is 60.4 Å². The Bertz CT molecular complexity index is 906. The summed E-state index contributed by atoms with van der Waals surface area (Å²) in [5, 5.41) is 6.83. The van der Waals surface area contributed by atoms with Crippen molar-refractivity contribution < 1.29 is 13.2 Å². The van der Waals surface area contributed by atoms with Crippen molar-refractivity contribution in [2.24, 2.45) is 0 Å². The number of rotatable bonds is 6. The molecule has 124 valence electrons. The Kier molecular flexibility index (Phi) is 4.59. The lowest BCUT2D eigenvalue weighted by molar-refractivity contribution is 0.414. The van der Waals surface area contributed by atoms with Crippen LogP contribution >= 0.6 is 0 Å². The summed E-state index contributed by atoms with van der Waals surface area (Å²) in [6, 6.07) is 15.6. The van der Waals surface area contributed by atoms with Crippen molar-refractivity contribution in [2.45, 2.75) is 11.4 Å². The van der Waals surface area contributed by atoms with Crippen LogP contribution in [0.3, 0.4) is 0 Å². The van der Waals surface area contributed by atoms with Gasteiger partial charge in [0, 0.05) is 5.56 Å². The van der Waals surface area contributed by atoms with Gasteiger partial charge in [-0.15, -0.1) is 0 Å². The van der Waals surface area contributed by atoms with Crippen LogP contribution in [0.2, 0.25) is 0 Å². The van der Waals surface area contributed by atoms with E-state index in [2.05, 4.69) is 19.9 Å². The van der Waals surface area contributed by atoms with Gasteiger partial charge in [-0.3, -0.25) is 5.10 Å². The number of aromatic nitrogens is 3. The van der Waals surface area contributed by atoms with E-state index in [0.29, 0.717) is 17.4 Å². The highest BCUT2D eigenvalue weighted by Crippen LogP contribution is 2.16. The molecule has 0 aliphatic rings. The molecule has 3 rings (SSSR count). The topological polar surface area (TPSA) is 97.0 Å². The quantitative estimate of drug-likeness (QED) is 0.712. The zero-order valence-electron chi connectivity index (χ0n) is 12.9. The number of hydrogen-bond acceptors (Lipinski definition) is 5. The number of sulfonamides is 1. The molecule has 8 heteroatoms. The van der Waals surface area contributed by atoms with E-state index in [1.807, 2.05) is 30.3 Å². The van der Waals surface area contributed by atoms with Crippen LogP contribution in [0.25, 0.3) is 11.4 Å². The fourth-order valence-electron chi connectivity index (χ4n) is 2.09. The lowest BCUT2D eigenvalue weighted by Crippen LogP contribution is -2.23. The van der Waals surface area contributed by atoms with E-state index in [0.717, 1.165) is 5.56 Å². The van der Waals surface area contributed by atoms with Crippen LogP contribution in [-0.4, -0.2) is 30.7 Å². The standard InChI is InChI=1S/C16H16N4O3S/c1-23-13-7-9-14(10-8-13)24(21,22)17-11-15-18-16(20-19-15)12-5-3-2-4-6-12/h2-10,17H,11H2,1H3,(H,18,19,20). The van der Waals surface area contributed by atoms with Gasteiger partial charge in [-0.25, -0.2) is 18.1 Å². The van der Waals surface area contributed by atoms with Crippen LogP contribution in [0.1, 0.15) is 5.82 Å². The number of aromatic amines is 1. The van der Waals surface area contributed by atoms with Gasteiger partial charge in [0.05, 0.1) is 18.6 Å². The van der Waals surface area contributed by atoms with Crippen molar-refractivity contribution in [3.63, 3.8) is 0 Å². The van der Waals surface area contributed by atoms with Crippen LogP contribution < -0.4 is 9.46 Å². The number of nitrogens with one attached hydrogen (secondary N) is 2. The predicted molar refractivity (Wildman–Crippen MR) is 88.8 cm³/mol. The molecule has 2 N–H and O–H groups in total. The summed E-state index contributed by atoms with van der Waals surface area (Å²) < 4.78 is 32.0. The smallest absolute Gasteiger partial charge is 0.240 e. The Labute approximate surface area is 139 Å². The van der Waals surface area contributed by atoms with E-state index in [-0.39, 0.29) is 11.4 Å². The second-order valence-electron chi connectivity index (χ2n) is 4.97. The minimum Gasteiger partial charge on any atom is -0.497 e. The van der Waals surface area contributed by atoms with Gasteiger partial charge in [0.15, 0.2) is 5.82 Å².